The summed E-state index contributed by atoms with van der Waals surface area (Å²) in [4.78, 5) is 10.0. The van der Waals surface area contributed by atoms with Gasteiger partial charge in [0.2, 0.25) is 5.91 Å². The molecule has 15 heavy (non-hydrogen) atoms. The van der Waals surface area contributed by atoms with Crippen molar-refractivity contribution >= 4 is 52.3 Å². The molecule has 6 heteroatoms. The Balaban J connectivity index is 3.31. The van der Waals surface area contributed by atoms with E-state index in [1.54, 1.807) is 18.2 Å². The molecule has 0 saturated heterocycles. The van der Waals surface area contributed by atoms with Crippen LogP contribution in [0.2, 0.25) is 0 Å². The number of alkyl halides is 4. The first-order chi connectivity index (χ1) is 6.87. The molecule has 0 aliphatic rings. The van der Waals surface area contributed by atoms with E-state index in [4.69, 9.17) is 52.1 Å². The smallest absolute Gasteiger partial charge is 0.249 e. The molecule has 1 aromatic rings. The number of hydrogen-bond donors (Lipinski definition) is 1. The molecule has 0 aromatic heterocycles. The number of primary amides is 1. The molecular weight excluding hydrogens is 280 g/mol. The fourth-order valence-corrected chi connectivity index (χ4v) is 1.67. The number of carbonyl (C=O) groups is 1. The lowest BCUT2D eigenvalue weighted by molar-refractivity contribution is 0.0999. The average molecular weight is 287 g/mol. The van der Waals surface area contributed by atoms with Gasteiger partial charge in [0.05, 0.1) is 0 Å². The van der Waals surface area contributed by atoms with Crippen LogP contribution >= 0.6 is 46.4 Å². The highest BCUT2D eigenvalue weighted by molar-refractivity contribution is 6.59. The van der Waals surface area contributed by atoms with Gasteiger partial charge in [-0.05, 0) is 6.07 Å². The van der Waals surface area contributed by atoms with E-state index >= 15 is 0 Å². The lowest BCUT2D eigenvalue weighted by Crippen LogP contribution is -2.24. The number of amides is 1. The van der Waals surface area contributed by atoms with Gasteiger partial charge in [0.25, 0.3) is 0 Å². The third-order valence-corrected chi connectivity index (χ3v) is 3.77. The summed E-state index contributed by atoms with van der Waals surface area (Å²) >= 11 is 23.1. The Morgan fingerprint density at radius 3 is 2.27 bits per heavy atom. The van der Waals surface area contributed by atoms with Gasteiger partial charge in [0.1, 0.15) is 4.84 Å². The SMILES string of the molecule is NC(=O)c1ccccc1C(Cl)(Cl)C(Cl)Cl. The second-order valence-electron chi connectivity index (χ2n) is 2.83. The summed E-state index contributed by atoms with van der Waals surface area (Å²) < 4.78 is -1.56. The first kappa shape index (κ1) is 12.9. The summed E-state index contributed by atoms with van der Waals surface area (Å²) in [7, 11) is 0. The number of halogens is 4. The van der Waals surface area contributed by atoms with Gasteiger partial charge in [-0.2, -0.15) is 0 Å². The molecule has 0 saturated carbocycles. The van der Waals surface area contributed by atoms with Gasteiger partial charge in [0, 0.05) is 11.1 Å². The zero-order chi connectivity index (χ0) is 11.6. The van der Waals surface area contributed by atoms with Crippen LogP contribution in [-0.2, 0) is 4.33 Å². The molecule has 1 aromatic carbocycles. The largest absolute Gasteiger partial charge is 0.366 e. The van der Waals surface area contributed by atoms with Gasteiger partial charge in [-0.3, -0.25) is 4.79 Å². The Bertz CT molecular complexity index is 378. The van der Waals surface area contributed by atoms with Crippen LogP contribution in [0.1, 0.15) is 15.9 Å². The van der Waals surface area contributed by atoms with Crippen molar-refractivity contribution in [1.29, 1.82) is 0 Å². The number of benzene rings is 1. The van der Waals surface area contributed by atoms with Crippen molar-refractivity contribution < 1.29 is 4.79 Å². The Morgan fingerprint density at radius 1 is 1.27 bits per heavy atom. The quantitative estimate of drug-likeness (QED) is 0.852. The molecule has 82 valence electrons. The topological polar surface area (TPSA) is 43.1 Å². The Morgan fingerprint density at radius 2 is 1.80 bits per heavy atom. The van der Waals surface area contributed by atoms with Crippen molar-refractivity contribution in [2.24, 2.45) is 5.73 Å². The minimum atomic E-state index is -1.56. The minimum absolute atomic E-state index is 0.203. The van der Waals surface area contributed by atoms with Crippen LogP contribution in [0, 0.1) is 0 Å². The molecule has 0 spiro atoms. The lowest BCUT2D eigenvalue weighted by Gasteiger charge is -2.22. The van der Waals surface area contributed by atoms with Gasteiger partial charge in [-0.25, -0.2) is 0 Å². The standard InChI is InChI=1S/C9H7Cl4NO/c10-8(11)9(12,13)6-4-2-1-3-5(6)7(14)15/h1-4,8H,(H2,14,15). The van der Waals surface area contributed by atoms with Crippen LogP contribution in [0.15, 0.2) is 24.3 Å². The normalized spacial score (nSPS) is 11.8. The minimum Gasteiger partial charge on any atom is -0.366 e. The van der Waals surface area contributed by atoms with Crippen molar-refractivity contribution in [1.82, 2.24) is 0 Å². The van der Waals surface area contributed by atoms with Gasteiger partial charge in [-0.1, -0.05) is 41.4 Å². The highest BCUT2D eigenvalue weighted by Crippen LogP contribution is 2.43. The van der Waals surface area contributed by atoms with E-state index in [2.05, 4.69) is 0 Å². The Hall–Kier alpha value is -0.150. The molecule has 1 amide bonds. The summed E-state index contributed by atoms with van der Waals surface area (Å²) in [5.41, 5.74) is 5.67. The van der Waals surface area contributed by atoms with Crippen molar-refractivity contribution in [2.45, 2.75) is 9.17 Å². The summed E-state index contributed by atoms with van der Waals surface area (Å²) in [5.74, 6) is -0.634. The second-order valence-corrected chi connectivity index (χ2v) is 5.32. The highest BCUT2D eigenvalue weighted by atomic mass is 35.5. The zero-order valence-corrected chi connectivity index (χ0v) is 10.4. The second kappa shape index (κ2) is 4.79. The highest BCUT2D eigenvalue weighted by Gasteiger charge is 2.37. The predicted molar refractivity (Wildman–Crippen MR) is 63.8 cm³/mol. The first-order valence-corrected chi connectivity index (χ1v) is 5.55. The van der Waals surface area contributed by atoms with Crippen LogP contribution in [0.25, 0.3) is 0 Å². The Labute approximate surface area is 107 Å². The van der Waals surface area contributed by atoms with Crippen LogP contribution in [0.3, 0.4) is 0 Å². The van der Waals surface area contributed by atoms with Crippen molar-refractivity contribution in [2.75, 3.05) is 0 Å². The zero-order valence-electron chi connectivity index (χ0n) is 7.38. The molecule has 0 heterocycles. The summed E-state index contributed by atoms with van der Waals surface area (Å²) in [6, 6.07) is 6.37. The van der Waals surface area contributed by atoms with E-state index in [1.165, 1.54) is 6.07 Å². The van der Waals surface area contributed by atoms with E-state index in [-0.39, 0.29) is 5.56 Å². The van der Waals surface area contributed by atoms with E-state index in [0.717, 1.165) is 0 Å². The molecule has 0 unspecified atom stereocenters. The van der Waals surface area contributed by atoms with Crippen LogP contribution < -0.4 is 5.73 Å². The Kier molecular flexibility index (Phi) is 4.13. The van der Waals surface area contributed by atoms with E-state index in [0.29, 0.717) is 5.56 Å². The summed E-state index contributed by atoms with van der Waals surface area (Å²) in [6.07, 6.45) is 0. The van der Waals surface area contributed by atoms with Gasteiger partial charge < -0.3 is 5.73 Å². The lowest BCUT2D eigenvalue weighted by atomic mass is 10.0. The maximum absolute atomic E-state index is 11.1. The molecule has 2 N–H and O–H groups in total. The maximum atomic E-state index is 11.1. The van der Waals surface area contributed by atoms with Crippen LogP contribution in [0.4, 0.5) is 0 Å². The van der Waals surface area contributed by atoms with E-state index in [9.17, 15) is 4.79 Å². The van der Waals surface area contributed by atoms with Crippen molar-refractivity contribution in [3.63, 3.8) is 0 Å². The molecule has 0 radical (unpaired) electrons. The first-order valence-electron chi connectivity index (χ1n) is 3.92. The number of carbonyl (C=O) groups excluding carboxylic acids is 1. The number of hydrogen-bond acceptors (Lipinski definition) is 1. The molecular formula is C9H7Cl4NO. The fourth-order valence-electron chi connectivity index (χ4n) is 1.11. The number of rotatable bonds is 3. The van der Waals surface area contributed by atoms with E-state index < -0.39 is 15.1 Å². The average Bonchev–Trinajstić information content (AvgIpc) is 2.17. The molecule has 0 aliphatic heterocycles. The monoisotopic (exact) mass is 285 g/mol. The van der Waals surface area contributed by atoms with E-state index in [1.807, 2.05) is 0 Å². The van der Waals surface area contributed by atoms with Crippen LogP contribution in [-0.4, -0.2) is 10.7 Å². The third-order valence-electron chi connectivity index (χ3n) is 1.83. The van der Waals surface area contributed by atoms with Gasteiger partial charge in [0.15, 0.2) is 4.33 Å². The molecule has 0 atom stereocenters. The summed E-state index contributed by atoms with van der Waals surface area (Å²) in [5, 5.41) is 0. The van der Waals surface area contributed by atoms with Gasteiger partial charge in [-0.15, -0.1) is 23.2 Å². The molecule has 1 rings (SSSR count). The third kappa shape index (κ3) is 2.70. The summed E-state index contributed by atoms with van der Waals surface area (Å²) in [6.45, 7) is 0. The molecule has 0 fully saturated rings. The molecule has 0 aliphatic carbocycles. The van der Waals surface area contributed by atoms with Gasteiger partial charge >= 0.3 is 0 Å². The molecule has 2 nitrogen and oxygen atoms in total. The van der Waals surface area contributed by atoms with Crippen molar-refractivity contribution in [3.05, 3.63) is 35.4 Å². The predicted octanol–water partition coefficient (Wildman–Crippen LogP) is 3.22. The maximum Gasteiger partial charge on any atom is 0.249 e. The van der Waals surface area contributed by atoms with Crippen molar-refractivity contribution in [3.8, 4) is 0 Å². The molecule has 0 bridgehead atoms. The number of nitrogens with two attached hydrogens (primary N) is 1. The van der Waals surface area contributed by atoms with Crippen LogP contribution in [0.5, 0.6) is 0 Å². The fraction of sp³-hybridized carbons (Fsp3) is 0.222.